The van der Waals surface area contributed by atoms with Crippen molar-refractivity contribution in [2.24, 2.45) is 0 Å². The zero-order valence-corrected chi connectivity index (χ0v) is 17.3. The van der Waals surface area contributed by atoms with Crippen molar-refractivity contribution in [1.29, 1.82) is 0 Å². The van der Waals surface area contributed by atoms with Crippen LogP contribution in [0.2, 0.25) is 0 Å². The van der Waals surface area contributed by atoms with E-state index in [0.29, 0.717) is 48.2 Å². The Labute approximate surface area is 184 Å². The van der Waals surface area contributed by atoms with Crippen molar-refractivity contribution in [3.05, 3.63) is 78.8 Å². The second-order valence-electron chi connectivity index (χ2n) is 7.53. The smallest absolute Gasteiger partial charge is 0.262 e. The minimum absolute atomic E-state index is 0.0702. The molecule has 0 saturated carbocycles. The van der Waals surface area contributed by atoms with Crippen LogP contribution in [0.5, 0.6) is 5.75 Å². The van der Waals surface area contributed by atoms with Crippen LogP contribution in [0, 0.1) is 0 Å². The van der Waals surface area contributed by atoms with Crippen LogP contribution >= 0.6 is 0 Å². The molecule has 0 unspecified atom stereocenters. The average molecular weight is 427 g/mol. The lowest BCUT2D eigenvalue weighted by Gasteiger charge is -2.39. The number of likely N-dealkylation sites (tertiary alicyclic amines) is 1. The maximum atomic E-state index is 12.4. The van der Waals surface area contributed by atoms with Gasteiger partial charge in [-0.3, -0.25) is 9.78 Å². The summed E-state index contributed by atoms with van der Waals surface area (Å²) < 4.78 is 11.6. The van der Waals surface area contributed by atoms with Crippen molar-refractivity contribution >= 4 is 5.91 Å². The number of amides is 1. The monoisotopic (exact) mass is 427 g/mol. The van der Waals surface area contributed by atoms with Crippen molar-refractivity contribution in [3.63, 3.8) is 0 Å². The first-order valence-electron chi connectivity index (χ1n) is 10.4. The number of carbonyl (C=O) groups excluding carboxylic acids is 1. The maximum Gasteiger partial charge on any atom is 0.262 e. The van der Waals surface area contributed by atoms with Crippen molar-refractivity contribution in [1.82, 2.24) is 25.0 Å². The predicted molar refractivity (Wildman–Crippen MR) is 117 cm³/mol. The Bertz CT molecular complexity index is 1190. The number of hydrogen-bond acceptors (Lipinski definition) is 7. The summed E-state index contributed by atoms with van der Waals surface area (Å²) in [4.78, 5) is 26.9. The highest BCUT2D eigenvalue weighted by Crippen LogP contribution is 2.31. The van der Waals surface area contributed by atoms with Crippen molar-refractivity contribution in [2.75, 3.05) is 13.1 Å². The average Bonchev–Trinajstić information content (AvgIpc) is 3.31. The third-order valence-electron chi connectivity index (χ3n) is 5.30. The van der Waals surface area contributed by atoms with Gasteiger partial charge in [0.25, 0.3) is 5.89 Å². The SMILES string of the molecule is O=C(CCc1ccccc1)N1CC(Oc2ccccc2-c2nc(-c3cnccn3)no2)C1. The van der Waals surface area contributed by atoms with Gasteiger partial charge in [-0.2, -0.15) is 4.98 Å². The van der Waals surface area contributed by atoms with Crippen molar-refractivity contribution < 1.29 is 14.1 Å². The molecule has 0 radical (unpaired) electrons. The molecule has 3 heterocycles. The van der Waals surface area contributed by atoms with E-state index in [1.807, 2.05) is 59.5 Å². The first-order valence-corrected chi connectivity index (χ1v) is 10.4. The lowest BCUT2D eigenvalue weighted by Crippen LogP contribution is -2.56. The topological polar surface area (TPSA) is 94.2 Å². The first kappa shape index (κ1) is 19.9. The number of rotatable bonds is 7. The largest absolute Gasteiger partial charge is 0.486 e. The summed E-state index contributed by atoms with van der Waals surface area (Å²) in [6, 6.07) is 17.5. The van der Waals surface area contributed by atoms with Gasteiger partial charge in [0.05, 0.1) is 24.8 Å². The van der Waals surface area contributed by atoms with Crippen molar-refractivity contribution in [2.45, 2.75) is 18.9 Å². The van der Waals surface area contributed by atoms with Crippen LogP contribution in [0.3, 0.4) is 0 Å². The third-order valence-corrected chi connectivity index (χ3v) is 5.30. The number of benzene rings is 2. The fraction of sp³-hybridized carbons (Fsp3) is 0.208. The molecule has 1 aliphatic heterocycles. The summed E-state index contributed by atoms with van der Waals surface area (Å²) in [6.07, 6.45) is 5.91. The number of aromatic nitrogens is 4. The maximum absolute atomic E-state index is 12.4. The molecule has 32 heavy (non-hydrogen) atoms. The van der Waals surface area contributed by atoms with Gasteiger partial charge in [0, 0.05) is 18.8 Å². The molecule has 1 amide bonds. The highest BCUT2D eigenvalue weighted by atomic mass is 16.5. The molecule has 1 aliphatic rings. The van der Waals surface area contributed by atoms with Gasteiger partial charge in [0.2, 0.25) is 11.7 Å². The molecule has 0 spiro atoms. The fourth-order valence-corrected chi connectivity index (χ4v) is 3.55. The standard InChI is InChI=1S/C24H21N5O3/c30-22(11-10-17-6-2-1-3-7-17)29-15-18(16-29)31-21-9-5-4-8-19(21)24-27-23(28-32-24)20-14-25-12-13-26-20/h1-9,12-14,18H,10-11,15-16H2. The van der Waals surface area contributed by atoms with E-state index in [0.717, 1.165) is 6.42 Å². The highest BCUT2D eigenvalue weighted by Gasteiger charge is 2.32. The molecule has 0 atom stereocenters. The van der Waals surface area contributed by atoms with E-state index in [1.165, 1.54) is 5.56 Å². The number of nitrogens with zero attached hydrogens (tertiary/aromatic N) is 5. The molecule has 2 aromatic carbocycles. The summed E-state index contributed by atoms with van der Waals surface area (Å²) >= 11 is 0. The van der Waals surface area contributed by atoms with Gasteiger partial charge in [-0.1, -0.05) is 47.6 Å². The Morgan fingerprint density at radius 2 is 1.88 bits per heavy atom. The number of ether oxygens (including phenoxy) is 1. The second-order valence-corrected chi connectivity index (χ2v) is 7.53. The van der Waals surface area contributed by atoms with E-state index in [2.05, 4.69) is 20.1 Å². The number of carbonyl (C=O) groups is 1. The van der Waals surface area contributed by atoms with Crippen LogP contribution < -0.4 is 4.74 Å². The fourth-order valence-electron chi connectivity index (χ4n) is 3.55. The molecule has 8 nitrogen and oxygen atoms in total. The number of para-hydroxylation sites is 1. The minimum atomic E-state index is -0.0702. The molecule has 160 valence electrons. The molecular formula is C24H21N5O3. The van der Waals surface area contributed by atoms with E-state index in [4.69, 9.17) is 9.26 Å². The summed E-state index contributed by atoms with van der Waals surface area (Å²) in [7, 11) is 0. The van der Waals surface area contributed by atoms with Crippen LogP contribution in [-0.2, 0) is 11.2 Å². The molecule has 1 saturated heterocycles. The lowest BCUT2D eigenvalue weighted by atomic mass is 10.1. The van der Waals surface area contributed by atoms with E-state index >= 15 is 0 Å². The summed E-state index contributed by atoms with van der Waals surface area (Å²) in [5.41, 5.74) is 2.40. The van der Waals surface area contributed by atoms with Gasteiger partial charge in [0.15, 0.2) is 0 Å². The molecule has 2 aromatic heterocycles. The molecule has 5 rings (SSSR count). The first-order chi connectivity index (χ1) is 15.8. The van der Waals surface area contributed by atoms with Crippen LogP contribution in [0.25, 0.3) is 23.0 Å². The molecule has 4 aromatic rings. The Balaban J connectivity index is 1.20. The van der Waals surface area contributed by atoms with Crippen LogP contribution in [0.15, 0.2) is 77.7 Å². The van der Waals surface area contributed by atoms with Gasteiger partial charge in [-0.25, -0.2) is 4.98 Å². The molecule has 1 fully saturated rings. The highest BCUT2D eigenvalue weighted by molar-refractivity contribution is 5.77. The van der Waals surface area contributed by atoms with Crippen LogP contribution in [0.1, 0.15) is 12.0 Å². The molecular weight excluding hydrogens is 406 g/mol. The van der Waals surface area contributed by atoms with Gasteiger partial charge in [-0.05, 0) is 24.1 Å². The quantitative estimate of drug-likeness (QED) is 0.446. The zero-order valence-electron chi connectivity index (χ0n) is 17.3. The third kappa shape index (κ3) is 4.34. The number of hydrogen-bond donors (Lipinski definition) is 0. The summed E-state index contributed by atoms with van der Waals surface area (Å²) in [6.45, 7) is 1.13. The van der Waals surface area contributed by atoms with E-state index in [1.54, 1.807) is 18.6 Å². The van der Waals surface area contributed by atoms with Gasteiger partial charge >= 0.3 is 0 Å². The second kappa shape index (κ2) is 8.97. The van der Waals surface area contributed by atoms with Gasteiger partial charge in [-0.15, -0.1) is 0 Å². The van der Waals surface area contributed by atoms with Crippen LogP contribution in [0.4, 0.5) is 0 Å². The van der Waals surface area contributed by atoms with Gasteiger partial charge in [0.1, 0.15) is 17.5 Å². The summed E-state index contributed by atoms with van der Waals surface area (Å²) in [5, 5.41) is 4.00. The Morgan fingerprint density at radius 1 is 1.06 bits per heavy atom. The summed E-state index contributed by atoms with van der Waals surface area (Å²) in [5.74, 6) is 1.49. The Kier molecular flexibility index (Phi) is 5.57. The lowest BCUT2D eigenvalue weighted by molar-refractivity contribution is -0.139. The van der Waals surface area contributed by atoms with E-state index in [9.17, 15) is 4.79 Å². The Hall–Kier alpha value is -4.07. The molecule has 8 heteroatoms. The molecule has 0 N–H and O–H groups in total. The normalized spacial score (nSPS) is 13.6. The minimum Gasteiger partial charge on any atom is -0.486 e. The van der Waals surface area contributed by atoms with E-state index < -0.39 is 0 Å². The number of aryl methyl sites for hydroxylation is 1. The van der Waals surface area contributed by atoms with Crippen LogP contribution in [-0.4, -0.2) is 50.1 Å². The predicted octanol–water partition coefficient (Wildman–Crippen LogP) is 3.42. The molecule has 0 bridgehead atoms. The Morgan fingerprint density at radius 3 is 2.69 bits per heavy atom. The van der Waals surface area contributed by atoms with Crippen molar-refractivity contribution in [3.8, 4) is 28.7 Å². The van der Waals surface area contributed by atoms with Gasteiger partial charge < -0.3 is 14.2 Å². The zero-order chi connectivity index (χ0) is 21.8. The van der Waals surface area contributed by atoms with E-state index in [-0.39, 0.29) is 12.0 Å². The molecule has 0 aliphatic carbocycles.